The standard InChI is InChI=1S/C15H25NO2.C3H9N.3C2H6.C2H2/c1-5-10-16(2)11-6-7-13-8-9-14(17-3)15(12-13)18-4;1-3-4-2;4*1-2/h8-9,12H,5-7,10-11H2,1-4H3;4H,3H2,1-2H3;3*1-2H3;1-2H. The van der Waals surface area contributed by atoms with Crippen molar-refractivity contribution in [3.8, 4) is 24.3 Å². The fourth-order valence-corrected chi connectivity index (χ4v) is 2.08. The van der Waals surface area contributed by atoms with Crippen molar-refractivity contribution < 1.29 is 9.47 Å². The van der Waals surface area contributed by atoms with Crippen molar-refractivity contribution in [2.45, 2.75) is 74.7 Å². The fraction of sp³-hybridized carbons (Fsp3) is 0.692. The predicted molar refractivity (Wildman–Crippen MR) is 139 cm³/mol. The maximum Gasteiger partial charge on any atom is 0.160 e. The smallest absolute Gasteiger partial charge is 0.160 e. The highest BCUT2D eigenvalue weighted by molar-refractivity contribution is 5.42. The van der Waals surface area contributed by atoms with Crippen molar-refractivity contribution in [3.05, 3.63) is 23.8 Å². The molecule has 0 saturated carbocycles. The number of benzene rings is 1. The van der Waals surface area contributed by atoms with E-state index in [0.29, 0.717) is 0 Å². The van der Waals surface area contributed by atoms with Gasteiger partial charge < -0.3 is 19.7 Å². The zero-order valence-corrected chi connectivity index (χ0v) is 22.4. The second-order valence-corrected chi connectivity index (χ2v) is 5.30. The van der Waals surface area contributed by atoms with Crippen LogP contribution in [-0.4, -0.2) is 52.8 Å². The Hall–Kier alpha value is -1.70. The van der Waals surface area contributed by atoms with Crippen LogP contribution in [0.4, 0.5) is 0 Å². The van der Waals surface area contributed by atoms with Gasteiger partial charge in [-0.15, -0.1) is 12.8 Å². The zero-order valence-electron chi connectivity index (χ0n) is 22.4. The van der Waals surface area contributed by atoms with Crippen LogP contribution in [-0.2, 0) is 6.42 Å². The van der Waals surface area contributed by atoms with Crippen LogP contribution in [0.15, 0.2) is 18.2 Å². The lowest BCUT2D eigenvalue weighted by Crippen LogP contribution is -2.20. The largest absolute Gasteiger partial charge is 0.493 e. The Morgan fingerprint density at radius 2 is 1.33 bits per heavy atom. The van der Waals surface area contributed by atoms with Gasteiger partial charge in [0.25, 0.3) is 0 Å². The minimum absolute atomic E-state index is 0.796. The number of terminal acetylenes is 1. The van der Waals surface area contributed by atoms with Gasteiger partial charge in [-0.2, -0.15) is 0 Å². The second-order valence-electron chi connectivity index (χ2n) is 5.30. The van der Waals surface area contributed by atoms with Crippen molar-refractivity contribution in [1.29, 1.82) is 0 Å². The number of nitrogens with one attached hydrogen (secondary N) is 1. The Kier molecular flexibility index (Phi) is 49.2. The first-order valence-electron chi connectivity index (χ1n) is 11.5. The van der Waals surface area contributed by atoms with Crippen molar-refractivity contribution in [2.75, 3.05) is 47.9 Å². The van der Waals surface area contributed by atoms with Gasteiger partial charge in [-0.1, -0.05) is 61.5 Å². The molecule has 1 aromatic rings. The topological polar surface area (TPSA) is 33.7 Å². The van der Waals surface area contributed by atoms with Gasteiger partial charge in [0.05, 0.1) is 14.2 Å². The molecule has 0 radical (unpaired) electrons. The summed E-state index contributed by atoms with van der Waals surface area (Å²) < 4.78 is 10.5. The van der Waals surface area contributed by atoms with Crippen molar-refractivity contribution in [1.82, 2.24) is 10.2 Å². The van der Waals surface area contributed by atoms with E-state index in [1.54, 1.807) is 14.2 Å². The van der Waals surface area contributed by atoms with Crippen LogP contribution in [0.25, 0.3) is 0 Å². The van der Waals surface area contributed by atoms with Crippen LogP contribution in [0, 0.1) is 12.8 Å². The summed E-state index contributed by atoms with van der Waals surface area (Å²) in [5.74, 6) is 1.61. The lowest BCUT2D eigenvalue weighted by atomic mass is 10.1. The lowest BCUT2D eigenvalue weighted by molar-refractivity contribution is 0.330. The summed E-state index contributed by atoms with van der Waals surface area (Å²) in [5, 5.41) is 2.93. The molecule has 1 N–H and O–H groups in total. The molecule has 0 aliphatic carbocycles. The van der Waals surface area contributed by atoms with E-state index in [1.807, 2.05) is 54.7 Å². The molecule has 0 amide bonds. The number of aryl methyl sites for hydroxylation is 1. The van der Waals surface area contributed by atoms with Gasteiger partial charge in [0, 0.05) is 0 Å². The number of hydrogen-bond acceptors (Lipinski definition) is 4. The van der Waals surface area contributed by atoms with E-state index in [0.717, 1.165) is 31.0 Å². The summed E-state index contributed by atoms with van der Waals surface area (Å²) in [6, 6.07) is 6.16. The van der Waals surface area contributed by atoms with E-state index in [9.17, 15) is 0 Å². The predicted octanol–water partition coefficient (Wildman–Crippen LogP) is 6.53. The maximum absolute atomic E-state index is 5.31. The molecule has 0 spiro atoms. The molecule has 1 rings (SSSR count). The molecule has 0 atom stereocenters. The van der Waals surface area contributed by atoms with Crippen LogP contribution in [0.3, 0.4) is 0 Å². The van der Waals surface area contributed by atoms with Crippen LogP contribution in [0.5, 0.6) is 11.5 Å². The highest BCUT2D eigenvalue weighted by Crippen LogP contribution is 2.27. The maximum atomic E-state index is 5.31. The molecule has 30 heavy (non-hydrogen) atoms. The number of methoxy groups -OCH3 is 2. The van der Waals surface area contributed by atoms with E-state index in [4.69, 9.17) is 9.47 Å². The van der Waals surface area contributed by atoms with Gasteiger partial charge in [0.15, 0.2) is 11.5 Å². The third-order valence-corrected chi connectivity index (χ3v) is 3.41. The van der Waals surface area contributed by atoms with Crippen LogP contribution < -0.4 is 14.8 Å². The van der Waals surface area contributed by atoms with Gasteiger partial charge in [0.2, 0.25) is 0 Å². The molecular weight excluding hydrogens is 372 g/mol. The Bertz CT molecular complexity index is 419. The van der Waals surface area contributed by atoms with E-state index in [1.165, 1.54) is 24.9 Å². The molecule has 0 aromatic heterocycles. The quantitative estimate of drug-likeness (QED) is 0.455. The van der Waals surface area contributed by atoms with Gasteiger partial charge in [-0.25, -0.2) is 0 Å². The van der Waals surface area contributed by atoms with Crippen molar-refractivity contribution in [2.24, 2.45) is 0 Å². The fourth-order valence-electron chi connectivity index (χ4n) is 2.08. The van der Waals surface area contributed by atoms with Gasteiger partial charge in [-0.3, -0.25) is 0 Å². The first kappa shape index (κ1) is 38.9. The summed E-state index contributed by atoms with van der Waals surface area (Å²) in [5.41, 5.74) is 1.30. The van der Waals surface area contributed by atoms with E-state index in [2.05, 4.69) is 56.1 Å². The number of hydrogen-bond donors (Lipinski definition) is 1. The van der Waals surface area contributed by atoms with E-state index < -0.39 is 0 Å². The summed E-state index contributed by atoms with van der Waals surface area (Å²) >= 11 is 0. The van der Waals surface area contributed by atoms with Crippen molar-refractivity contribution in [3.63, 3.8) is 0 Å². The summed E-state index contributed by atoms with van der Waals surface area (Å²) in [7, 11) is 7.45. The molecular formula is C26H54N2O2. The average Bonchev–Trinajstić information content (AvgIpc) is 2.84. The molecule has 180 valence electrons. The molecule has 0 aliphatic rings. The monoisotopic (exact) mass is 426 g/mol. The Balaban J connectivity index is -0.000000147. The molecule has 0 unspecified atom stereocenters. The van der Waals surface area contributed by atoms with E-state index >= 15 is 0 Å². The number of nitrogens with zero attached hydrogens (tertiary/aromatic N) is 1. The number of rotatable bonds is 9. The summed E-state index contributed by atoms with van der Waals surface area (Å²) in [4.78, 5) is 2.38. The second kappa shape index (κ2) is 38.0. The van der Waals surface area contributed by atoms with Crippen molar-refractivity contribution >= 4 is 0 Å². The SMILES string of the molecule is C#C.CC.CC.CC.CCCN(C)CCCc1ccc(OC)c(OC)c1.CCNC. The van der Waals surface area contributed by atoms with Crippen LogP contribution in [0.2, 0.25) is 0 Å². The summed E-state index contributed by atoms with van der Waals surface area (Å²) in [6.45, 7) is 19.7. The first-order chi connectivity index (χ1) is 14.6. The molecule has 0 heterocycles. The molecule has 0 aliphatic heterocycles. The van der Waals surface area contributed by atoms with Crippen LogP contribution >= 0.6 is 0 Å². The Morgan fingerprint density at radius 3 is 1.70 bits per heavy atom. The number of ether oxygens (including phenoxy) is 2. The van der Waals surface area contributed by atoms with Crippen LogP contribution in [0.1, 0.15) is 73.8 Å². The normalized spacial score (nSPS) is 8.10. The molecule has 0 fully saturated rings. The summed E-state index contributed by atoms with van der Waals surface area (Å²) in [6.07, 6.45) is 11.5. The van der Waals surface area contributed by atoms with E-state index in [-0.39, 0.29) is 0 Å². The Labute approximate surface area is 190 Å². The Morgan fingerprint density at radius 1 is 0.867 bits per heavy atom. The third-order valence-electron chi connectivity index (χ3n) is 3.41. The molecule has 0 bridgehead atoms. The zero-order chi connectivity index (χ0) is 24.8. The van der Waals surface area contributed by atoms with Gasteiger partial charge >= 0.3 is 0 Å². The van der Waals surface area contributed by atoms with Gasteiger partial charge in [-0.05, 0) is 70.7 Å². The highest BCUT2D eigenvalue weighted by atomic mass is 16.5. The molecule has 4 nitrogen and oxygen atoms in total. The highest BCUT2D eigenvalue weighted by Gasteiger charge is 2.04. The minimum Gasteiger partial charge on any atom is -0.493 e. The first-order valence-corrected chi connectivity index (χ1v) is 11.5. The molecule has 1 aromatic carbocycles. The minimum atomic E-state index is 0.796. The average molecular weight is 427 g/mol. The van der Waals surface area contributed by atoms with Gasteiger partial charge in [0.1, 0.15) is 0 Å². The lowest BCUT2D eigenvalue weighted by Gasteiger charge is -2.15. The molecule has 0 saturated heterocycles. The molecule has 4 heteroatoms. The third kappa shape index (κ3) is 26.3.